The van der Waals surface area contributed by atoms with Gasteiger partial charge in [0.05, 0.1) is 7.11 Å². The highest BCUT2D eigenvalue weighted by Gasteiger charge is 2.37. The molecule has 3 rings (SSSR count). The highest BCUT2D eigenvalue weighted by atomic mass is 16.5. The first-order valence-electron chi connectivity index (χ1n) is 8.16. The molecule has 1 saturated carbocycles. The summed E-state index contributed by atoms with van der Waals surface area (Å²) in [7, 11) is 1.70. The van der Waals surface area contributed by atoms with Crippen molar-refractivity contribution in [2.75, 3.05) is 37.0 Å². The van der Waals surface area contributed by atoms with E-state index < -0.39 is 0 Å². The van der Waals surface area contributed by atoms with Gasteiger partial charge in [0.25, 0.3) is 0 Å². The highest BCUT2D eigenvalue weighted by Crippen LogP contribution is 2.47. The van der Waals surface area contributed by atoms with Gasteiger partial charge in [-0.05, 0) is 38.0 Å². The Hall–Kier alpha value is -1.52. The summed E-state index contributed by atoms with van der Waals surface area (Å²) in [6.07, 6.45) is 9.89. The van der Waals surface area contributed by atoms with Crippen LogP contribution < -0.4 is 15.0 Å². The molecule has 21 heavy (non-hydrogen) atoms. The molecule has 1 aliphatic carbocycles. The minimum absolute atomic E-state index is 0.626. The van der Waals surface area contributed by atoms with Gasteiger partial charge in [0.15, 0.2) is 11.6 Å². The summed E-state index contributed by atoms with van der Waals surface area (Å²) in [4.78, 5) is 11.1. The molecule has 2 heterocycles. The molecule has 5 heteroatoms. The van der Waals surface area contributed by atoms with Gasteiger partial charge < -0.3 is 15.0 Å². The summed E-state index contributed by atoms with van der Waals surface area (Å²) >= 11 is 0. The summed E-state index contributed by atoms with van der Waals surface area (Å²) in [5.41, 5.74) is 0.626. The lowest BCUT2D eigenvalue weighted by molar-refractivity contribution is 0.225. The van der Waals surface area contributed by atoms with Crippen LogP contribution >= 0.6 is 0 Å². The van der Waals surface area contributed by atoms with E-state index in [1.54, 1.807) is 13.4 Å². The van der Waals surface area contributed by atoms with Crippen molar-refractivity contribution >= 4 is 11.6 Å². The minimum Gasteiger partial charge on any atom is -0.490 e. The molecule has 1 aliphatic heterocycles. The third kappa shape index (κ3) is 2.78. The van der Waals surface area contributed by atoms with Gasteiger partial charge in [-0.25, -0.2) is 9.97 Å². The van der Waals surface area contributed by atoms with E-state index >= 15 is 0 Å². The number of aromatic nitrogens is 2. The fourth-order valence-corrected chi connectivity index (χ4v) is 3.89. The van der Waals surface area contributed by atoms with Crippen LogP contribution in [0.2, 0.25) is 0 Å². The van der Waals surface area contributed by atoms with E-state index in [9.17, 15) is 0 Å². The molecule has 1 aromatic heterocycles. The van der Waals surface area contributed by atoms with Gasteiger partial charge >= 0.3 is 0 Å². The lowest BCUT2D eigenvalue weighted by Gasteiger charge is -2.40. The molecule has 0 bridgehead atoms. The van der Waals surface area contributed by atoms with Crippen molar-refractivity contribution in [1.29, 1.82) is 0 Å². The summed E-state index contributed by atoms with van der Waals surface area (Å²) < 4.78 is 5.57. The zero-order chi connectivity index (χ0) is 14.7. The Morgan fingerprint density at radius 1 is 1.19 bits per heavy atom. The first-order valence-corrected chi connectivity index (χ1v) is 8.16. The smallest absolute Gasteiger partial charge is 0.204 e. The van der Waals surface area contributed by atoms with Crippen molar-refractivity contribution in [2.45, 2.75) is 45.4 Å². The average molecular weight is 290 g/mol. The van der Waals surface area contributed by atoms with Crippen LogP contribution in [0.3, 0.4) is 0 Å². The summed E-state index contributed by atoms with van der Waals surface area (Å²) in [5, 5.41) is 3.25. The van der Waals surface area contributed by atoms with Crippen LogP contribution in [0.1, 0.15) is 45.4 Å². The number of hydrogen-bond donors (Lipinski definition) is 1. The number of methoxy groups -OCH3 is 1. The average Bonchev–Trinajstić information content (AvgIpc) is 2.96. The zero-order valence-corrected chi connectivity index (χ0v) is 13.2. The van der Waals surface area contributed by atoms with Crippen molar-refractivity contribution < 1.29 is 4.74 Å². The molecule has 1 aromatic rings. The second-order valence-electron chi connectivity index (χ2n) is 6.30. The third-order valence-corrected chi connectivity index (χ3v) is 5.12. The largest absolute Gasteiger partial charge is 0.490 e. The monoisotopic (exact) mass is 290 g/mol. The Morgan fingerprint density at radius 2 is 1.90 bits per heavy atom. The predicted octanol–water partition coefficient (Wildman–Crippen LogP) is 3.08. The second kappa shape index (κ2) is 6.08. The maximum Gasteiger partial charge on any atom is 0.204 e. The van der Waals surface area contributed by atoms with Crippen LogP contribution in [0, 0.1) is 5.41 Å². The molecule has 1 spiro atoms. The quantitative estimate of drug-likeness (QED) is 0.923. The van der Waals surface area contributed by atoms with E-state index in [1.165, 1.54) is 38.5 Å². The van der Waals surface area contributed by atoms with Crippen LogP contribution in [-0.2, 0) is 0 Å². The topological polar surface area (TPSA) is 50.3 Å². The molecule has 0 aromatic carbocycles. The van der Waals surface area contributed by atoms with Crippen molar-refractivity contribution in [3.05, 3.63) is 6.33 Å². The Balaban J connectivity index is 1.77. The van der Waals surface area contributed by atoms with Crippen LogP contribution in [0.15, 0.2) is 6.33 Å². The number of hydrogen-bond acceptors (Lipinski definition) is 5. The van der Waals surface area contributed by atoms with Gasteiger partial charge in [0, 0.05) is 19.6 Å². The molecule has 0 atom stereocenters. The van der Waals surface area contributed by atoms with Gasteiger partial charge in [-0.3, -0.25) is 0 Å². The molecular formula is C16H26N4O. The molecule has 2 aliphatic rings. The van der Waals surface area contributed by atoms with Crippen LogP contribution in [-0.4, -0.2) is 36.7 Å². The van der Waals surface area contributed by atoms with Crippen molar-refractivity contribution in [2.24, 2.45) is 5.41 Å². The standard InChI is InChI=1S/C16H26N4O/c1-3-17-14-13(21-2)15(19-12-18-14)20-10-8-16(9-11-20)6-4-5-7-16/h12H,3-11H2,1-2H3,(H,17,18,19). The predicted molar refractivity (Wildman–Crippen MR) is 85.1 cm³/mol. The Morgan fingerprint density at radius 3 is 2.52 bits per heavy atom. The van der Waals surface area contributed by atoms with E-state index in [4.69, 9.17) is 4.74 Å². The maximum absolute atomic E-state index is 5.57. The molecule has 116 valence electrons. The molecule has 1 N–H and O–H groups in total. The van der Waals surface area contributed by atoms with Crippen molar-refractivity contribution in [3.63, 3.8) is 0 Å². The number of nitrogens with zero attached hydrogens (tertiary/aromatic N) is 3. The van der Waals surface area contributed by atoms with Gasteiger partial charge in [-0.1, -0.05) is 12.8 Å². The number of rotatable bonds is 4. The second-order valence-corrected chi connectivity index (χ2v) is 6.30. The summed E-state index contributed by atoms with van der Waals surface area (Å²) in [5.74, 6) is 2.52. The van der Waals surface area contributed by atoms with Gasteiger partial charge in [0.2, 0.25) is 5.75 Å². The van der Waals surface area contributed by atoms with Gasteiger partial charge in [-0.2, -0.15) is 0 Å². The third-order valence-electron chi connectivity index (χ3n) is 5.12. The SMILES string of the molecule is CCNc1ncnc(N2CCC3(CCCC3)CC2)c1OC. The van der Waals surface area contributed by atoms with E-state index in [2.05, 4.69) is 27.1 Å². The van der Waals surface area contributed by atoms with Crippen molar-refractivity contribution in [1.82, 2.24) is 9.97 Å². The number of anilines is 2. The van der Waals surface area contributed by atoms with E-state index in [0.717, 1.165) is 37.0 Å². The fourth-order valence-electron chi connectivity index (χ4n) is 3.89. The summed E-state index contributed by atoms with van der Waals surface area (Å²) in [6, 6.07) is 0. The number of ether oxygens (including phenoxy) is 1. The van der Waals surface area contributed by atoms with Gasteiger partial charge in [0.1, 0.15) is 6.33 Å². The molecule has 5 nitrogen and oxygen atoms in total. The zero-order valence-electron chi connectivity index (χ0n) is 13.2. The molecule has 2 fully saturated rings. The van der Waals surface area contributed by atoms with E-state index in [1.807, 2.05) is 0 Å². The number of nitrogens with one attached hydrogen (secondary N) is 1. The Bertz CT molecular complexity index is 475. The summed E-state index contributed by atoms with van der Waals surface area (Å²) in [6.45, 7) is 5.06. The first kappa shape index (κ1) is 14.4. The van der Waals surface area contributed by atoms with E-state index in [0.29, 0.717) is 5.41 Å². The molecule has 0 radical (unpaired) electrons. The molecule has 0 amide bonds. The first-order chi connectivity index (χ1) is 10.3. The number of piperidine rings is 1. The van der Waals surface area contributed by atoms with Crippen LogP contribution in [0.25, 0.3) is 0 Å². The van der Waals surface area contributed by atoms with E-state index in [-0.39, 0.29) is 0 Å². The van der Waals surface area contributed by atoms with Gasteiger partial charge in [-0.15, -0.1) is 0 Å². The van der Waals surface area contributed by atoms with Crippen molar-refractivity contribution in [3.8, 4) is 5.75 Å². The Kier molecular flexibility index (Phi) is 4.17. The maximum atomic E-state index is 5.57. The molecule has 1 saturated heterocycles. The van der Waals surface area contributed by atoms with Crippen LogP contribution in [0.5, 0.6) is 5.75 Å². The lowest BCUT2D eigenvalue weighted by Crippen LogP contribution is -2.39. The normalized spacial score (nSPS) is 20.8. The highest BCUT2D eigenvalue weighted by molar-refractivity contribution is 5.64. The fraction of sp³-hybridized carbons (Fsp3) is 0.750. The minimum atomic E-state index is 0.626. The van der Waals surface area contributed by atoms with Crippen LogP contribution in [0.4, 0.5) is 11.6 Å². The Labute approximate surface area is 127 Å². The lowest BCUT2D eigenvalue weighted by atomic mass is 9.77. The molecular weight excluding hydrogens is 264 g/mol. The molecule has 0 unspecified atom stereocenters.